The maximum atomic E-state index is 12.2. The van der Waals surface area contributed by atoms with Gasteiger partial charge in [0.05, 0.1) is 22.4 Å². The highest BCUT2D eigenvalue weighted by Crippen LogP contribution is 2.29. The van der Waals surface area contributed by atoms with Gasteiger partial charge in [-0.25, -0.2) is 0 Å². The van der Waals surface area contributed by atoms with E-state index in [0.717, 1.165) is 5.56 Å². The Morgan fingerprint density at radius 2 is 2.05 bits per heavy atom. The summed E-state index contributed by atoms with van der Waals surface area (Å²) in [5.41, 5.74) is 1.48. The number of nitrogens with zero attached hydrogens (tertiary/aromatic N) is 1. The third kappa shape index (κ3) is 2.86. The first-order valence-corrected chi connectivity index (χ1v) is 7.16. The van der Waals surface area contributed by atoms with Gasteiger partial charge in [0.1, 0.15) is 11.8 Å². The molecule has 0 saturated carbocycles. The number of nitriles is 1. The van der Waals surface area contributed by atoms with Gasteiger partial charge in [-0.3, -0.25) is 9.59 Å². The molecule has 5 heteroatoms. The molecular formula is C16H13NO3S. The van der Waals surface area contributed by atoms with Gasteiger partial charge in [-0.2, -0.15) is 5.26 Å². The maximum absolute atomic E-state index is 12.2. The van der Waals surface area contributed by atoms with E-state index in [-0.39, 0.29) is 29.1 Å². The van der Waals surface area contributed by atoms with Crippen LogP contribution in [-0.2, 0) is 0 Å². The Balaban J connectivity index is 2.35. The number of aryl methyl sites for hydroxylation is 1. The molecule has 0 bridgehead atoms. The van der Waals surface area contributed by atoms with Crippen molar-refractivity contribution < 1.29 is 14.7 Å². The molecule has 1 N–H and O–H groups in total. The van der Waals surface area contributed by atoms with Crippen LogP contribution in [0.2, 0.25) is 0 Å². The van der Waals surface area contributed by atoms with E-state index >= 15 is 0 Å². The lowest BCUT2D eigenvalue weighted by atomic mass is 9.95. The second-order valence-corrected chi connectivity index (χ2v) is 5.65. The lowest BCUT2D eigenvalue weighted by Crippen LogP contribution is -2.09. The van der Waals surface area contributed by atoms with Crippen LogP contribution in [0.15, 0.2) is 23.6 Å². The average molecular weight is 299 g/mol. The van der Waals surface area contributed by atoms with Gasteiger partial charge in [0.2, 0.25) is 0 Å². The monoisotopic (exact) mass is 299 g/mol. The number of phenols is 1. The zero-order valence-electron chi connectivity index (χ0n) is 11.6. The third-order valence-electron chi connectivity index (χ3n) is 3.35. The number of benzene rings is 1. The van der Waals surface area contributed by atoms with Crippen LogP contribution in [0, 0.1) is 25.2 Å². The van der Waals surface area contributed by atoms with E-state index in [2.05, 4.69) is 0 Å². The van der Waals surface area contributed by atoms with Crippen molar-refractivity contribution in [1.82, 2.24) is 0 Å². The largest absolute Gasteiger partial charge is 0.506 e. The number of hydrogen-bond acceptors (Lipinski definition) is 5. The Labute approximate surface area is 126 Å². The number of phenolic OH excluding ortho intramolecular Hbond substituents is 1. The Kier molecular flexibility index (Phi) is 4.20. The van der Waals surface area contributed by atoms with E-state index in [1.165, 1.54) is 17.4 Å². The molecule has 4 nitrogen and oxygen atoms in total. The highest BCUT2D eigenvalue weighted by atomic mass is 32.1. The van der Waals surface area contributed by atoms with Crippen molar-refractivity contribution in [2.24, 2.45) is 0 Å². The molecule has 0 aliphatic rings. The second-order valence-electron chi connectivity index (χ2n) is 4.70. The van der Waals surface area contributed by atoms with Crippen molar-refractivity contribution in [3.63, 3.8) is 0 Å². The Morgan fingerprint density at radius 1 is 1.33 bits per heavy atom. The molecule has 1 aromatic carbocycles. The molecule has 2 aromatic rings. The van der Waals surface area contributed by atoms with E-state index in [9.17, 15) is 14.7 Å². The fourth-order valence-electron chi connectivity index (χ4n) is 2.02. The Morgan fingerprint density at radius 3 is 2.62 bits per heavy atom. The van der Waals surface area contributed by atoms with Crippen LogP contribution in [0.3, 0.4) is 0 Å². The van der Waals surface area contributed by atoms with Crippen LogP contribution in [0.25, 0.3) is 0 Å². The Hall–Kier alpha value is -2.45. The van der Waals surface area contributed by atoms with Crippen LogP contribution in [0.1, 0.15) is 43.1 Å². The number of carbonyl (C=O) groups excluding carboxylic acids is 2. The van der Waals surface area contributed by atoms with E-state index in [4.69, 9.17) is 5.26 Å². The number of ketones is 2. The van der Waals surface area contributed by atoms with E-state index in [1.807, 2.05) is 6.07 Å². The summed E-state index contributed by atoms with van der Waals surface area (Å²) in [6.07, 6.45) is -0.318. The predicted molar refractivity (Wildman–Crippen MR) is 79.9 cm³/mol. The molecule has 0 unspecified atom stereocenters. The highest BCUT2D eigenvalue weighted by Gasteiger charge is 2.21. The molecular weight excluding hydrogens is 286 g/mol. The molecule has 0 saturated heterocycles. The molecule has 1 heterocycles. The van der Waals surface area contributed by atoms with Crippen LogP contribution in [0.5, 0.6) is 5.75 Å². The molecule has 0 radical (unpaired) electrons. The molecule has 1 aromatic heterocycles. The quantitative estimate of drug-likeness (QED) is 0.693. The lowest BCUT2D eigenvalue weighted by Gasteiger charge is -2.10. The van der Waals surface area contributed by atoms with Crippen molar-refractivity contribution in [1.29, 1.82) is 5.26 Å². The predicted octanol–water partition coefficient (Wildman–Crippen LogP) is 3.40. The summed E-state index contributed by atoms with van der Waals surface area (Å²) in [5.74, 6) is -1.11. The smallest absolute Gasteiger partial charge is 0.180 e. The van der Waals surface area contributed by atoms with Crippen molar-refractivity contribution in [2.45, 2.75) is 20.3 Å². The molecule has 0 aliphatic heterocycles. The van der Waals surface area contributed by atoms with Gasteiger partial charge < -0.3 is 5.11 Å². The van der Waals surface area contributed by atoms with Crippen LogP contribution in [-0.4, -0.2) is 16.7 Å². The van der Waals surface area contributed by atoms with Gasteiger partial charge in [-0.1, -0.05) is 6.07 Å². The van der Waals surface area contributed by atoms with Crippen molar-refractivity contribution in [2.75, 3.05) is 0 Å². The van der Waals surface area contributed by atoms with Crippen LogP contribution in [0.4, 0.5) is 0 Å². The molecule has 21 heavy (non-hydrogen) atoms. The topological polar surface area (TPSA) is 78.2 Å². The van der Waals surface area contributed by atoms with Crippen molar-refractivity contribution in [3.8, 4) is 11.8 Å². The fraction of sp³-hybridized carbons (Fsp3) is 0.188. The minimum absolute atomic E-state index is 0.0274. The fourth-order valence-corrected chi connectivity index (χ4v) is 2.68. The molecule has 0 aliphatic carbocycles. The van der Waals surface area contributed by atoms with Gasteiger partial charge in [-0.15, -0.1) is 11.3 Å². The normalized spacial score (nSPS) is 10.1. The highest BCUT2D eigenvalue weighted by molar-refractivity contribution is 7.12. The number of carbonyl (C=O) groups is 2. The second kappa shape index (κ2) is 5.90. The first-order valence-electron chi connectivity index (χ1n) is 6.29. The number of rotatable bonds is 4. The first-order chi connectivity index (χ1) is 9.95. The minimum atomic E-state index is -0.481. The molecule has 2 rings (SSSR count). The van der Waals surface area contributed by atoms with Gasteiger partial charge in [0.25, 0.3) is 0 Å². The minimum Gasteiger partial charge on any atom is -0.506 e. The molecule has 106 valence electrons. The molecule has 0 fully saturated rings. The van der Waals surface area contributed by atoms with E-state index in [0.29, 0.717) is 10.4 Å². The van der Waals surface area contributed by atoms with E-state index < -0.39 is 5.78 Å². The molecule has 0 atom stereocenters. The average Bonchev–Trinajstić information content (AvgIpc) is 2.97. The number of thiophene rings is 1. The van der Waals surface area contributed by atoms with Gasteiger partial charge in [0, 0.05) is 0 Å². The van der Waals surface area contributed by atoms with Gasteiger partial charge in [-0.05, 0) is 42.5 Å². The van der Waals surface area contributed by atoms with Crippen molar-refractivity contribution in [3.05, 3.63) is 50.7 Å². The summed E-state index contributed by atoms with van der Waals surface area (Å²) in [6, 6.07) is 6.81. The Bertz CT molecular complexity index is 755. The maximum Gasteiger partial charge on any atom is 0.180 e. The third-order valence-corrected chi connectivity index (χ3v) is 4.26. The summed E-state index contributed by atoms with van der Waals surface area (Å²) in [7, 11) is 0. The first kappa shape index (κ1) is 14.9. The van der Waals surface area contributed by atoms with Crippen LogP contribution < -0.4 is 0 Å². The molecule has 0 amide bonds. The van der Waals surface area contributed by atoms with Crippen LogP contribution >= 0.6 is 11.3 Å². The summed E-state index contributed by atoms with van der Waals surface area (Å²) >= 11 is 1.27. The summed E-state index contributed by atoms with van der Waals surface area (Å²) < 4.78 is 0. The summed E-state index contributed by atoms with van der Waals surface area (Å²) in [6.45, 7) is 3.46. The molecule has 0 spiro atoms. The number of aromatic hydroxyl groups is 1. The van der Waals surface area contributed by atoms with Crippen molar-refractivity contribution >= 4 is 22.9 Å². The SMILES string of the molecule is Cc1cc(C(=O)CC(=O)c2cccs2)c(O)c(C#N)c1C. The lowest BCUT2D eigenvalue weighted by molar-refractivity contribution is 0.0895. The zero-order valence-corrected chi connectivity index (χ0v) is 12.5. The number of Topliss-reactive ketones (excluding diaryl/α,β-unsaturated/α-hetero) is 2. The standard InChI is InChI=1S/C16H13NO3S/c1-9-6-11(16(20)12(8-17)10(9)2)13(18)7-14(19)15-4-3-5-21-15/h3-6,20H,7H2,1-2H3. The van der Waals surface area contributed by atoms with Gasteiger partial charge >= 0.3 is 0 Å². The zero-order chi connectivity index (χ0) is 15.6. The van der Waals surface area contributed by atoms with Gasteiger partial charge in [0.15, 0.2) is 11.6 Å². The summed E-state index contributed by atoms with van der Waals surface area (Å²) in [5, 5.41) is 20.9. The number of hydrogen-bond donors (Lipinski definition) is 1. The van der Waals surface area contributed by atoms with E-state index in [1.54, 1.807) is 31.4 Å². The summed E-state index contributed by atoms with van der Waals surface area (Å²) in [4.78, 5) is 24.7.